The van der Waals surface area contributed by atoms with E-state index in [1.165, 1.54) is 7.05 Å². The molecule has 0 bridgehead atoms. The van der Waals surface area contributed by atoms with E-state index in [0.717, 1.165) is 24.3 Å². The van der Waals surface area contributed by atoms with Crippen LogP contribution < -0.4 is 10.6 Å². The topological polar surface area (TPSA) is 78.5 Å². The molecule has 0 aromatic carbocycles. The van der Waals surface area contributed by atoms with Crippen LogP contribution in [0.4, 0.5) is 0 Å². The van der Waals surface area contributed by atoms with Crippen molar-refractivity contribution in [2.45, 2.75) is 45.2 Å². The molecule has 0 aromatic heterocycles. The number of imide groups is 1. The first kappa shape index (κ1) is 14.0. The molecule has 2 rings (SSSR count). The maximum atomic E-state index is 12.3. The van der Waals surface area contributed by atoms with Gasteiger partial charge < -0.3 is 10.6 Å². The summed E-state index contributed by atoms with van der Waals surface area (Å²) in [4.78, 5) is 36.5. The molecular formula is C13H21N3O3. The van der Waals surface area contributed by atoms with E-state index < -0.39 is 6.04 Å². The van der Waals surface area contributed by atoms with E-state index in [-0.39, 0.29) is 35.6 Å². The number of rotatable bonds is 2. The summed E-state index contributed by atoms with van der Waals surface area (Å²) in [7, 11) is 1.44. The van der Waals surface area contributed by atoms with Crippen LogP contribution in [0.1, 0.15) is 33.1 Å². The highest BCUT2D eigenvalue weighted by Gasteiger charge is 2.41. The summed E-state index contributed by atoms with van der Waals surface area (Å²) in [5.74, 6) is -0.760. The molecule has 0 aliphatic carbocycles. The summed E-state index contributed by atoms with van der Waals surface area (Å²) in [6, 6.07) is -1.01. The third-order valence-electron chi connectivity index (χ3n) is 4.09. The lowest BCUT2D eigenvalue weighted by Crippen LogP contribution is -2.57. The van der Waals surface area contributed by atoms with E-state index in [9.17, 15) is 14.4 Å². The van der Waals surface area contributed by atoms with Gasteiger partial charge in [0.15, 0.2) is 0 Å². The Hall–Kier alpha value is -1.43. The molecule has 0 aromatic rings. The van der Waals surface area contributed by atoms with Gasteiger partial charge in [-0.3, -0.25) is 19.3 Å². The Morgan fingerprint density at radius 1 is 1.42 bits per heavy atom. The average Bonchev–Trinajstić information content (AvgIpc) is 2.56. The van der Waals surface area contributed by atoms with Gasteiger partial charge in [0.2, 0.25) is 11.8 Å². The van der Waals surface area contributed by atoms with E-state index >= 15 is 0 Å². The number of nitrogens with one attached hydrogen (secondary N) is 2. The zero-order valence-electron chi connectivity index (χ0n) is 11.7. The normalized spacial score (nSPS) is 30.6. The second-order valence-corrected chi connectivity index (χ2v) is 6.04. The molecule has 2 fully saturated rings. The molecule has 2 N–H and O–H groups in total. The summed E-state index contributed by atoms with van der Waals surface area (Å²) in [5.41, 5.74) is -0.139. The van der Waals surface area contributed by atoms with Crippen LogP contribution in [0, 0.1) is 5.41 Å². The first-order valence-corrected chi connectivity index (χ1v) is 6.67. The molecule has 2 aliphatic heterocycles. The molecule has 6 heteroatoms. The van der Waals surface area contributed by atoms with E-state index in [0.29, 0.717) is 0 Å². The van der Waals surface area contributed by atoms with Crippen LogP contribution in [0.2, 0.25) is 0 Å². The van der Waals surface area contributed by atoms with Crippen molar-refractivity contribution in [1.29, 1.82) is 0 Å². The largest absolute Gasteiger partial charge is 0.342 e. The molecule has 106 valence electrons. The van der Waals surface area contributed by atoms with Crippen LogP contribution in [0.25, 0.3) is 0 Å². The summed E-state index contributed by atoms with van der Waals surface area (Å²) >= 11 is 0. The number of hydrogen-bond donors (Lipinski definition) is 2. The Morgan fingerprint density at radius 3 is 2.63 bits per heavy atom. The Morgan fingerprint density at radius 2 is 2.11 bits per heavy atom. The van der Waals surface area contributed by atoms with Crippen molar-refractivity contribution in [2.24, 2.45) is 5.41 Å². The fraction of sp³-hybridized carbons (Fsp3) is 0.769. The van der Waals surface area contributed by atoms with E-state index in [1.54, 1.807) is 0 Å². The van der Waals surface area contributed by atoms with Crippen LogP contribution in [0.15, 0.2) is 0 Å². The average molecular weight is 267 g/mol. The lowest BCUT2D eigenvalue weighted by Gasteiger charge is -2.38. The van der Waals surface area contributed by atoms with Gasteiger partial charge in [-0.25, -0.2) is 0 Å². The number of likely N-dealkylation sites (tertiary alicyclic amines) is 1. The molecule has 2 saturated heterocycles. The third kappa shape index (κ3) is 2.63. The van der Waals surface area contributed by atoms with Crippen molar-refractivity contribution >= 4 is 17.7 Å². The van der Waals surface area contributed by atoms with Crippen molar-refractivity contribution in [3.05, 3.63) is 0 Å². The predicted octanol–water partition coefficient (Wildman–Crippen LogP) is -0.362. The predicted molar refractivity (Wildman–Crippen MR) is 69.1 cm³/mol. The molecule has 2 heterocycles. The summed E-state index contributed by atoms with van der Waals surface area (Å²) in [6.07, 6.45) is 2.07. The number of hydrogen-bond acceptors (Lipinski definition) is 4. The van der Waals surface area contributed by atoms with Crippen molar-refractivity contribution in [2.75, 3.05) is 13.6 Å². The van der Waals surface area contributed by atoms with E-state index in [1.807, 2.05) is 13.8 Å². The minimum absolute atomic E-state index is 0.0637. The van der Waals surface area contributed by atoms with Crippen molar-refractivity contribution in [3.8, 4) is 0 Å². The van der Waals surface area contributed by atoms with Crippen LogP contribution in [-0.2, 0) is 14.4 Å². The maximum Gasteiger partial charge on any atom is 0.252 e. The summed E-state index contributed by atoms with van der Waals surface area (Å²) < 4.78 is 0. The second kappa shape index (κ2) is 4.92. The minimum Gasteiger partial charge on any atom is -0.342 e. The molecule has 3 amide bonds. The Balaban J connectivity index is 2.01. The Kier molecular flexibility index (Phi) is 3.62. The maximum absolute atomic E-state index is 12.3. The molecule has 2 aliphatic rings. The van der Waals surface area contributed by atoms with Gasteiger partial charge >= 0.3 is 0 Å². The number of amides is 3. The van der Waals surface area contributed by atoms with Gasteiger partial charge in [-0.2, -0.15) is 0 Å². The van der Waals surface area contributed by atoms with Gasteiger partial charge in [-0.1, -0.05) is 13.8 Å². The molecule has 2 atom stereocenters. The molecule has 0 saturated carbocycles. The number of carbonyl (C=O) groups is 3. The number of carbonyl (C=O) groups excluding carboxylic acids is 3. The highest BCUT2D eigenvalue weighted by molar-refractivity contribution is 6.06. The first-order chi connectivity index (χ1) is 8.83. The van der Waals surface area contributed by atoms with Crippen molar-refractivity contribution in [3.63, 3.8) is 0 Å². The van der Waals surface area contributed by atoms with E-state index in [4.69, 9.17) is 0 Å². The number of piperidine rings is 1. The monoisotopic (exact) mass is 267 g/mol. The molecular weight excluding hydrogens is 246 g/mol. The van der Waals surface area contributed by atoms with E-state index in [2.05, 4.69) is 10.6 Å². The van der Waals surface area contributed by atoms with Crippen LogP contribution in [0.3, 0.4) is 0 Å². The molecule has 0 spiro atoms. The zero-order chi connectivity index (χ0) is 14.2. The van der Waals surface area contributed by atoms with Gasteiger partial charge in [0.25, 0.3) is 5.91 Å². The fourth-order valence-corrected chi connectivity index (χ4v) is 2.78. The zero-order valence-corrected chi connectivity index (χ0v) is 11.7. The third-order valence-corrected chi connectivity index (χ3v) is 4.09. The first-order valence-electron chi connectivity index (χ1n) is 6.67. The van der Waals surface area contributed by atoms with Gasteiger partial charge in [-0.05, 0) is 24.8 Å². The lowest BCUT2D eigenvalue weighted by molar-refractivity contribution is -0.138. The molecule has 6 nitrogen and oxygen atoms in total. The van der Waals surface area contributed by atoms with Gasteiger partial charge in [0, 0.05) is 7.05 Å². The Bertz CT molecular complexity index is 419. The van der Waals surface area contributed by atoms with Crippen molar-refractivity contribution in [1.82, 2.24) is 15.5 Å². The highest BCUT2D eigenvalue weighted by atomic mass is 16.2. The molecule has 19 heavy (non-hydrogen) atoms. The standard InChI is InChI=1S/C13H21N3O3/c1-13(2)5-4-6-14-10(13)11(18)15-8-7-9(17)16(3)12(8)19/h8,10,14H,4-7H2,1-3H3,(H,15,18). The summed E-state index contributed by atoms with van der Waals surface area (Å²) in [5, 5.41) is 5.90. The van der Waals surface area contributed by atoms with Crippen LogP contribution in [-0.4, -0.2) is 48.3 Å². The molecule has 0 radical (unpaired) electrons. The summed E-state index contributed by atoms with van der Waals surface area (Å²) in [6.45, 7) is 4.88. The van der Waals surface area contributed by atoms with Gasteiger partial charge in [0.1, 0.15) is 6.04 Å². The number of likely N-dealkylation sites (N-methyl/N-ethyl adjacent to an activating group) is 1. The number of nitrogens with zero attached hydrogens (tertiary/aromatic N) is 1. The fourth-order valence-electron chi connectivity index (χ4n) is 2.78. The SMILES string of the molecule is CN1C(=O)CC(NC(=O)C2NCCCC2(C)C)C1=O. The van der Waals surface area contributed by atoms with Gasteiger partial charge in [0.05, 0.1) is 12.5 Å². The minimum atomic E-state index is -0.704. The smallest absolute Gasteiger partial charge is 0.252 e. The lowest BCUT2D eigenvalue weighted by atomic mass is 9.77. The quantitative estimate of drug-likeness (QED) is 0.670. The second-order valence-electron chi connectivity index (χ2n) is 6.04. The Labute approximate surface area is 112 Å². The van der Waals surface area contributed by atoms with Crippen LogP contribution >= 0.6 is 0 Å². The highest BCUT2D eigenvalue weighted by Crippen LogP contribution is 2.30. The molecule has 2 unspecified atom stereocenters. The van der Waals surface area contributed by atoms with Crippen molar-refractivity contribution < 1.29 is 14.4 Å². The van der Waals surface area contributed by atoms with Gasteiger partial charge in [-0.15, -0.1) is 0 Å². The van der Waals surface area contributed by atoms with Crippen LogP contribution in [0.5, 0.6) is 0 Å².